The van der Waals surface area contributed by atoms with E-state index in [1.165, 1.54) is 6.92 Å². The maximum Gasteiger partial charge on any atom is 0.224 e. The fourth-order valence-electron chi connectivity index (χ4n) is 1.97. The van der Waals surface area contributed by atoms with Gasteiger partial charge < -0.3 is 10.6 Å². The van der Waals surface area contributed by atoms with Crippen molar-refractivity contribution in [2.45, 2.75) is 19.8 Å². The summed E-state index contributed by atoms with van der Waals surface area (Å²) in [4.78, 5) is 22.8. The maximum atomic E-state index is 11.9. The molecular formula is C17H18N2O2. The number of carbonyl (C=O) groups is 2. The molecule has 0 atom stereocenters. The summed E-state index contributed by atoms with van der Waals surface area (Å²) in [7, 11) is 0. The van der Waals surface area contributed by atoms with Gasteiger partial charge >= 0.3 is 0 Å². The van der Waals surface area contributed by atoms with E-state index in [1.807, 2.05) is 30.3 Å². The van der Waals surface area contributed by atoms with E-state index in [0.717, 1.165) is 17.7 Å². The van der Waals surface area contributed by atoms with Gasteiger partial charge in [0.15, 0.2) is 0 Å². The molecule has 0 aliphatic rings. The third-order valence-electron chi connectivity index (χ3n) is 2.97. The Hall–Kier alpha value is -2.62. The Morgan fingerprint density at radius 1 is 0.857 bits per heavy atom. The monoisotopic (exact) mass is 282 g/mol. The lowest BCUT2D eigenvalue weighted by Crippen LogP contribution is -2.12. The van der Waals surface area contributed by atoms with E-state index in [4.69, 9.17) is 0 Å². The van der Waals surface area contributed by atoms with Crippen LogP contribution in [0, 0.1) is 0 Å². The summed E-state index contributed by atoms with van der Waals surface area (Å²) in [6.45, 7) is 1.46. The van der Waals surface area contributed by atoms with Gasteiger partial charge in [-0.3, -0.25) is 9.59 Å². The smallest absolute Gasteiger partial charge is 0.224 e. The number of hydrogen-bond donors (Lipinski definition) is 2. The molecule has 2 amide bonds. The van der Waals surface area contributed by atoms with Crippen LogP contribution in [0.3, 0.4) is 0 Å². The second-order valence-electron chi connectivity index (χ2n) is 4.79. The number of aryl methyl sites for hydroxylation is 1. The molecule has 108 valence electrons. The van der Waals surface area contributed by atoms with E-state index in [2.05, 4.69) is 10.6 Å². The lowest BCUT2D eigenvalue weighted by Gasteiger charge is -2.07. The molecule has 0 radical (unpaired) electrons. The van der Waals surface area contributed by atoms with Gasteiger partial charge in [-0.2, -0.15) is 0 Å². The molecule has 2 N–H and O–H groups in total. The van der Waals surface area contributed by atoms with Crippen molar-refractivity contribution in [2.24, 2.45) is 0 Å². The Morgan fingerprint density at radius 2 is 1.43 bits per heavy atom. The molecule has 0 saturated heterocycles. The summed E-state index contributed by atoms with van der Waals surface area (Å²) in [5.74, 6) is -0.138. The summed E-state index contributed by atoms with van der Waals surface area (Å²) < 4.78 is 0. The number of anilines is 2. The van der Waals surface area contributed by atoms with E-state index >= 15 is 0 Å². The quantitative estimate of drug-likeness (QED) is 0.884. The molecule has 0 saturated carbocycles. The Morgan fingerprint density at radius 3 is 2.00 bits per heavy atom. The number of hydrogen-bond acceptors (Lipinski definition) is 2. The van der Waals surface area contributed by atoms with Gasteiger partial charge in [0, 0.05) is 24.7 Å². The van der Waals surface area contributed by atoms with Gasteiger partial charge in [-0.15, -0.1) is 0 Å². The fourth-order valence-corrected chi connectivity index (χ4v) is 1.97. The number of rotatable bonds is 5. The first-order chi connectivity index (χ1) is 10.1. The highest BCUT2D eigenvalue weighted by Crippen LogP contribution is 2.14. The minimum atomic E-state index is -0.116. The molecule has 4 heteroatoms. The molecule has 0 aromatic heterocycles. The summed E-state index contributed by atoms with van der Waals surface area (Å²) in [6, 6.07) is 17.0. The molecule has 0 spiro atoms. The summed E-state index contributed by atoms with van der Waals surface area (Å²) in [5, 5.41) is 5.52. The molecule has 2 aromatic rings. The van der Waals surface area contributed by atoms with E-state index < -0.39 is 0 Å². The minimum absolute atomic E-state index is 0.0221. The molecule has 0 heterocycles. The number of nitrogens with one attached hydrogen (secondary N) is 2. The van der Waals surface area contributed by atoms with Crippen LogP contribution in [0.2, 0.25) is 0 Å². The van der Waals surface area contributed by atoms with E-state index in [0.29, 0.717) is 12.1 Å². The lowest BCUT2D eigenvalue weighted by atomic mass is 10.1. The second-order valence-corrected chi connectivity index (χ2v) is 4.79. The highest BCUT2D eigenvalue weighted by atomic mass is 16.2. The van der Waals surface area contributed by atoms with Crippen LogP contribution in [0.5, 0.6) is 0 Å². The first-order valence-electron chi connectivity index (χ1n) is 6.85. The van der Waals surface area contributed by atoms with Gasteiger partial charge in [0.1, 0.15) is 0 Å². The van der Waals surface area contributed by atoms with Crippen LogP contribution in [-0.4, -0.2) is 11.8 Å². The van der Waals surface area contributed by atoms with Crippen molar-refractivity contribution in [1.29, 1.82) is 0 Å². The largest absolute Gasteiger partial charge is 0.326 e. The molecule has 21 heavy (non-hydrogen) atoms. The standard InChI is InChI=1S/C17H18N2O2/c1-13(20)18-15-8-10-16(11-9-15)19-17(21)12-7-14-5-3-2-4-6-14/h2-6,8-11H,7,12H2,1H3,(H,18,20)(H,19,21). The predicted octanol–water partition coefficient (Wildman–Crippen LogP) is 3.22. The van der Waals surface area contributed by atoms with Crippen molar-refractivity contribution in [1.82, 2.24) is 0 Å². The van der Waals surface area contributed by atoms with Crippen molar-refractivity contribution in [3.8, 4) is 0 Å². The molecule has 2 rings (SSSR count). The zero-order valence-corrected chi connectivity index (χ0v) is 11.9. The Bertz CT molecular complexity index is 606. The first-order valence-corrected chi connectivity index (χ1v) is 6.85. The highest BCUT2D eigenvalue weighted by Gasteiger charge is 2.03. The third kappa shape index (κ3) is 5.10. The van der Waals surface area contributed by atoms with Crippen molar-refractivity contribution < 1.29 is 9.59 Å². The Balaban J connectivity index is 1.83. The van der Waals surface area contributed by atoms with Crippen LogP contribution < -0.4 is 10.6 Å². The van der Waals surface area contributed by atoms with Gasteiger partial charge in [-0.1, -0.05) is 30.3 Å². The van der Waals surface area contributed by atoms with Gasteiger partial charge in [0.2, 0.25) is 11.8 Å². The van der Waals surface area contributed by atoms with Crippen LogP contribution in [0.25, 0.3) is 0 Å². The third-order valence-corrected chi connectivity index (χ3v) is 2.97. The lowest BCUT2D eigenvalue weighted by molar-refractivity contribution is -0.116. The number of carbonyl (C=O) groups excluding carboxylic acids is 2. The Labute approximate surface area is 124 Å². The zero-order valence-electron chi connectivity index (χ0n) is 11.9. The maximum absolute atomic E-state index is 11.9. The predicted molar refractivity (Wildman–Crippen MR) is 84.1 cm³/mol. The average molecular weight is 282 g/mol. The summed E-state index contributed by atoms with van der Waals surface area (Å²) in [5.41, 5.74) is 2.58. The molecule has 0 aliphatic heterocycles. The van der Waals surface area contributed by atoms with Crippen molar-refractivity contribution in [3.63, 3.8) is 0 Å². The highest BCUT2D eigenvalue weighted by molar-refractivity contribution is 5.92. The first kappa shape index (κ1) is 14.8. The fraction of sp³-hybridized carbons (Fsp3) is 0.176. The molecule has 2 aromatic carbocycles. The Kier molecular flexibility index (Phi) is 5.10. The van der Waals surface area contributed by atoms with E-state index in [1.54, 1.807) is 24.3 Å². The molecule has 4 nitrogen and oxygen atoms in total. The van der Waals surface area contributed by atoms with Crippen LogP contribution in [0.1, 0.15) is 18.9 Å². The topological polar surface area (TPSA) is 58.2 Å². The van der Waals surface area contributed by atoms with Crippen LogP contribution in [0.4, 0.5) is 11.4 Å². The van der Waals surface area contributed by atoms with Crippen LogP contribution in [-0.2, 0) is 16.0 Å². The zero-order chi connectivity index (χ0) is 15.1. The van der Waals surface area contributed by atoms with Gasteiger partial charge in [-0.25, -0.2) is 0 Å². The van der Waals surface area contributed by atoms with Gasteiger partial charge in [0.25, 0.3) is 0 Å². The van der Waals surface area contributed by atoms with Crippen LogP contribution >= 0.6 is 0 Å². The summed E-state index contributed by atoms with van der Waals surface area (Å²) in [6.07, 6.45) is 1.16. The average Bonchev–Trinajstić information content (AvgIpc) is 2.48. The number of benzene rings is 2. The second kappa shape index (κ2) is 7.24. The summed E-state index contributed by atoms with van der Waals surface area (Å²) >= 11 is 0. The van der Waals surface area contributed by atoms with Crippen molar-refractivity contribution >= 4 is 23.2 Å². The van der Waals surface area contributed by atoms with Gasteiger partial charge in [-0.05, 0) is 36.2 Å². The van der Waals surface area contributed by atoms with Crippen LogP contribution in [0.15, 0.2) is 54.6 Å². The number of amides is 2. The van der Waals surface area contributed by atoms with E-state index in [-0.39, 0.29) is 11.8 Å². The molecule has 0 aliphatic carbocycles. The molecule has 0 unspecified atom stereocenters. The molecule has 0 fully saturated rings. The molecular weight excluding hydrogens is 264 g/mol. The van der Waals surface area contributed by atoms with Gasteiger partial charge in [0.05, 0.1) is 0 Å². The SMILES string of the molecule is CC(=O)Nc1ccc(NC(=O)CCc2ccccc2)cc1. The van der Waals surface area contributed by atoms with E-state index in [9.17, 15) is 9.59 Å². The van der Waals surface area contributed by atoms with Crippen molar-refractivity contribution in [3.05, 3.63) is 60.2 Å². The normalized spacial score (nSPS) is 9.95. The van der Waals surface area contributed by atoms with Crippen molar-refractivity contribution in [2.75, 3.05) is 10.6 Å². The molecule has 0 bridgehead atoms. The minimum Gasteiger partial charge on any atom is -0.326 e.